The smallest absolute Gasteiger partial charge is 0.331 e. The van der Waals surface area contributed by atoms with E-state index in [1.165, 1.54) is 55.2 Å². The van der Waals surface area contributed by atoms with E-state index < -0.39 is 11.5 Å². The van der Waals surface area contributed by atoms with Crippen LogP contribution < -0.4 is 10.1 Å². The van der Waals surface area contributed by atoms with Gasteiger partial charge in [-0.2, -0.15) is 5.10 Å². The number of nitrogens with one attached hydrogen (secondary N) is 1. The van der Waals surface area contributed by atoms with Gasteiger partial charge in [0.25, 0.3) is 0 Å². The Bertz CT molecular complexity index is 741. The Morgan fingerprint density at radius 2 is 2.00 bits per heavy atom. The number of carbonyl (C=O) groups is 2. The normalized spacial score (nSPS) is 11.2. The number of benzene rings is 1. The van der Waals surface area contributed by atoms with Gasteiger partial charge in [0, 0.05) is 12.6 Å². The number of hydrogen-bond acceptors (Lipinski definition) is 4. The fourth-order valence-corrected chi connectivity index (χ4v) is 1.97. The van der Waals surface area contributed by atoms with Crippen LogP contribution in [0, 0.1) is 5.82 Å². The van der Waals surface area contributed by atoms with Crippen LogP contribution in [0.2, 0.25) is 0 Å². The summed E-state index contributed by atoms with van der Waals surface area (Å²) in [5.74, 6) is -1.04. The van der Waals surface area contributed by atoms with Crippen molar-refractivity contribution in [1.29, 1.82) is 0 Å². The van der Waals surface area contributed by atoms with Crippen LogP contribution >= 0.6 is 0 Å². The molecule has 1 aromatic heterocycles. The van der Waals surface area contributed by atoms with Crippen molar-refractivity contribution in [3.8, 4) is 5.75 Å². The second kappa shape index (κ2) is 7.78. The summed E-state index contributed by atoms with van der Waals surface area (Å²) in [6, 6.07) is 5.65. The third-order valence-electron chi connectivity index (χ3n) is 3.59. The minimum absolute atomic E-state index is 0.226. The minimum Gasteiger partial charge on any atom is -0.494 e. The Labute approximate surface area is 144 Å². The van der Waals surface area contributed by atoms with Gasteiger partial charge in [-0.05, 0) is 44.5 Å². The molecular weight excluding hydrogens is 329 g/mol. The van der Waals surface area contributed by atoms with Gasteiger partial charge in [-0.1, -0.05) is 0 Å². The van der Waals surface area contributed by atoms with Gasteiger partial charge in [-0.15, -0.1) is 0 Å². The Morgan fingerprint density at radius 3 is 2.64 bits per heavy atom. The maximum atomic E-state index is 12.8. The Balaban J connectivity index is 1.76. The summed E-state index contributed by atoms with van der Waals surface area (Å²) in [4.78, 5) is 23.1. The summed E-state index contributed by atoms with van der Waals surface area (Å²) in [6.07, 6.45) is 3.59. The lowest BCUT2D eigenvalue weighted by Gasteiger charge is -2.19. The van der Waals surface area contributed by atoms with Crippen LogP contribution in [-0.2, 0) is 15.1 Å². The van der Waals surface area contributed by atoms with Crippen LogP contribution in [0.5, 0.6) is 5.75 Å². The van der Waals surface area contributed by atoms with Crippen LogP contribution in [0.25, 0.3) is 0 Å². The van der Waals surface area contributed by atoms with Crippen molar-refractivity contribution in [2.45, 2.75) is 32.2 Å². The van der Waals surface area contributed by atoms with E-state index in [1.807, 2.05) is 0 Å². The molecular formula is C17H20FN3O4. The average molecular weight is 349 g/mol. The molecule has 2 aromatic rings. The van der Waals surface area contributed by atoms with Gasteiger partial charge in [0.1, 0.15) is 11.6 Å². The maximum Gasteiger partial charge on any atom is 0.331 e. The number of aromatic nitrogens is 2. The molecule has 0 fully saturated rings. The number of anilines is 1. The van der Waals surface area contributed by atoms with Gasteiger partial charge in [0.2, 0.25) is 5.91 Å². The molecule has 0 bridgehead atoms. The van der Waals surface area contributed by atoms with Crippen molar-refractivity contribution in [1.82, 2.24) is 9.78 Å². The first-order chi connectivity index (χ1) is 11.8. The molecule has 0 aliphatic heterocycles. The number of amides is 1. The second-order valence-corrected chi connectivity index (χ2v) is 5.99. The summed E-state index contributed by atoms with van der Waals surface area (Å²) in [5.41, 5.74) is -0.773. The summed E-state index contributed by atoms with van der Waals surface area (Å²) >= 11 is 0. The number of carbonyl (C=O) groups excluding carboxylic acids is 1. The first-order valence-corrected chi connectivity index (χ1v) is 7.76. The quantitative estimate of drug-likeness (QED) is 0.715. The molecule has 0 atom stereocenters. The molecule has 0 aliphatic carbocycles. The average Bonchev–Trinajstić information content (AvgIpc) is 3.02. The lowest BCUT2D eigenvalue weighted by Crippen LogP contribution is -2.35. The highest BCUT2D eigenvalue weighted by molar-refractivity contribution is 5.90. The van der Waals surface area contributed by atoms with Crippen LogP contribution in [0.3, 0.4) is 0 Å². The van der Waals surface area contributed by atoms with Gasteiger partial charge in [-0.3, -0.25) is 9.48 Å². The Kier molecular flexibility index (Phi) is 5.74. The predicted molar refractivity (Wildman–Crippen MR) is 88.9 cm³/mol. The molecule has 0 spiro atoms. The molecule has 134 valence electrons. The number of aliphatic carboxylic acids is 1. The van der Waals surface area contributed by atoms with Crippen molar-refractivity contribution < 1.29 is 23.8 Å². The number of nitrogens with zero attached hydrogens (tertiary/aromatic N) is 2. The van der Waals surface area contributed by atoms with E-state index in [0.717, 1.165) is 0 Å². The molecule has 25 heavy (non-hydrogen) atoms. The predicted octanol–water partition coefficient (Wildman–Crippen LogP) is 2.64. The molecule has 0 saturated heterocycles. The third kappa shape index (κ3) is 5.03. The molecule has 0 unspecified atom stereocenters. The van der Waals surface area contributed by atoms with Gasteiger partial charge in [0.05, 0.1) is 18.5 Å². The molecule has 0 radical (unpaired) electrons. The first-order valence-electron chi connectivity index (χ1n) is 7.76. The zero-order chi connectivity index (χ0) is 18.4. The highest BCUT2D eigenvalue weighted by Crippen LogP contribution is 2.17. The second-order valence-electron chi connectivity index (χ2n) is 5.99. The van der Waals surface area contributed by atoms with Crippen LogP contribution in [0.15, 0.2) is 36.7 Å². The molecule has 1 amide bonds. The van der Waals surface area contributed by atoms with Gasteiger partial charge in [0.15, 0.2) is 5.54 Å². The molecule has 0 aliphatic rings. The molecule has 7 nitrogen and oxygen atoms in total. The van der Waals surface area contributed by atoms with Crippen LogP contribution in [-0.4, -0.2) is 33.4 Å². The Hall–Kier alpha value is -2.90. The third-order valence-corrected chi connectivity index (χ3v) is 3.59. The number of halogens is 1. The van der Waals surface area contributed by atoms with E-state index in [2.05, 4.69) is 10.4 Å². The fourth-order valence-electron chi connectivity index (χ4n) is 1.97. The van der Waals surface area contributed by atoms with Crippen molar-refractivity contribution in [2.24, 2.45) is 0 Å². The monoisotopic (exact) mass is 349 g/mol. The standard InChI is InChI=1S/C17H20FN3O4/c1-17(2,16(23)24)21-11-13(10-19-21)20-15(22)4-3-9-25-14-7-5-12(18)6-8-14/h5-8,10-11H,3-4,9H2,1-2H3,(H,20,22)(H,23,24). The molecule has 8 heteroatoms. The highest BCUT2D eigenvalue weighted by Gasteiger charge is 2.30. The van der Waals surface area contributed by atoms with Gasteiger partial charge < -0.3 is 15.2 Å². The molecule has 0 saturated carbocycles. The zero-order valence-corrected chi connectivity index (χ0v) is 14.0. The zero-order valence-electron chi connectivity index (χ0n) is 14.0. The van der Waals surface area contributed by atoms with E-state index in [1.54, 1.807) is 0 Å². The molecule has 1 heterocycles. The lowest BCUT2D eigenvalue weighted by atomic mass is 10.1. The topological polar surface area (TPSA) is 93.5 Å². The van der Waals surface area contributed by atoms with E-state index in [9.17, 15) is 14.0 Å². The SMILES string of the molecule is CC(C)(C(=O)O)n1cc(NC(=O)CCCOc2ccc(F)cc2)cn1. The highest BCUT2D eigenvalue weighted by atomic mass is 19.1. The molecule has 1 aromatic carbocycles. The minimum atomic E-state index is -1.20. The summed E-state index contributed by atoms with van der Waals surface area (Å²) in [5, 5.41) is 15.8. The number of hydrogen-bond donors (Lipinski definition) is 2. The largest absolute Gasteiger partial charge is 0.494 e. The van der Waals surface area contributed by atoms with Gasteiger partial charge in [-0.25, -0.2) is 9.18 Å². The fraction of sp³-hybridized carbons (Fsp3) is 0.353. The molecule has 2 rings (SSSR count). The van der Waals surface area contributed by atoms with Crippen molar-refractivity contribution in [3.05, 3.63) is 42.5 Å². The number of rotatable bonds is 8. The molecule has 2 N–H and O–H groups in total. The number of carboxylic acids is 1. The number of ether oxygens (including phenoxy) is 1. The Morgan fingerprint density at radius 1 is 1.32 bits per heavy atom. The number of carboxylic acid groups (broad SMARTS) is 1. The van der Waals surface area contributed by atoms with E-state index in [4.69, 9.17) is 9.84 Å². The van der Waals surface area contributed by atoms with Crippen LogP contribution in [0.4, 0.5) is 10.1 Å². The van der Waals surface area contributed by atoms with E-state index >= 15 is 0 Å². The van der Waals surface area contributed by atoms with Crippen molar-refractivity contribution in [2.75, 3.05) is 11.9 Å². The summed E-state index contributed by atoms with van der Waals surface area (Å²) in [7, 11) is 0. The van der Waals surface area contributed by atoms with E-state index in [-0.39, 0.29) is 18.1 Å². The van der Waals surface area contributed by atoms with Crippen LogP contribution in [0.1, 0.15) is 26.7 Å². The van der Waals surface area contributed by atoms with E-state index in [0.29, 0.717) is 24.5 Å². The summed E-state index contributed by atoms with van der Waals surface area (Å²) < 4.78 is 19.4. The van der Waals surface area contributed by atoms with Gasteiger partial charge >= 0.3 is 5.97 Å². The lowest BCUT2D eigenvalue weighted by molar-refractivity contribution is -0.146. The first kappa shape index (κ1) is 18.4. The van der Waals surface area contributed by atoms with Crippen molar-refractivity contribution in [3.63, 3.8) is 0 Å². The maximum absolute atomic E-state index is 12.8. The van der Waals surface area contributed by atoms with Crippen molar-refractivity contribution >= 4 is 17.6 Å². The summed E-state index contributed by atoms with van der Waals surface area (Å²) in [6.45, 7) is 3.35.